The Morgan fingerprint density at radius 3 is 2.57 bits per heavy atom. The van der Waals surface area contributed by atoms with Gasteiger partial charge in [-0.25, -0.2) is 4.98 Å². The van der Waals surface area contributed by atoms with Crippen molar-refractivity contribution in [2.75, 3.05) is 12.3 Å². The van der Waals surface area contributed by atoms with Crippen molar-refractivity contribution in [3.8, 4) is 10.8 Å². The number of thiazole rings is 1. The summed E-state index contributed by atoms with van der Waals surface area (Å²) in [4.78, 5) is 19.9. The molecule has 6 nitrogen and oxygen atoms in total. The maximum absolute atomic E-state index is 12.7. The molecular formula is C20H24N4O2S2. The summed E-state index contributed by atoms with van der Waals surface area (Å²) in [5, 5.41) is 9.54. The van der Waals surface area contributed by atoms with E-state index in [4.69, 9.17) is 4.42 Å². The second-order valence-electron chi connectivity index (χ2n) is 6.61. The number of aryl methyl sites for hydroxylation is 3. The monoisotopic (exact) mass is 416 g/mol. The van der Waals surface area contributed by atoms with Gasteiger partial charge >= 0.3 is 0 Å². The third kappa shape index (κ3) is 5.20. The predicted octanol–water partition coefficient (Wildman–Crippen LogP) is 4.65. The summed E-state index contributed by atoms with van der Waals surface area (Å²) in [6.07, 6.45) is 0.914. The van der Waals surface area contributed by atoms with Crippen molar-refractivity contribution in [3.05, 3.63) is 46.1 Å². The molecule has 0 saturated carbocycles. The number of nitrogens with zero attached hydrogens (tertiary/aromatic N) is 4. The highest BCUT2D eigenvalue weighted by Crippen LogP contribution is 2.30. The average Bonchev–Trinajstić information content (AvgIpc) is 3.26. The van der Waals surface area contributed by atoms with E-state index in [9.17, 15) is 4.79 Å². The van der Waals surface area contributed by atoms with Gasteiger partial charge in [0.25, 0.3) is 11.1 Å². The van der Waals surface area contributed by atoms with E-state index >= 15 is 0 Å². The van der Waals surface area contributed by atoms with E-state index in [-0.39, 0.29) is 11.7 Å². The lowest BCUT2D eigenvalue weighted by Gasteiger charge is -2.22. The maximum Gasteiger partial charge on any atom is 0.277 e. The summed E-state index contributed by atoms with van der Waals surface area (Å²) in [6.45, 7) is 9.34. The summed E-state index contributed by atoms with van der Waals surface area (Å²) >= 11 is 2.80. The number of amides is 1. The maximum atomic E-state index is 12.7. The van der Waals surface area contributed by atoms with Gasteiger partial charge in [0, 0.05) is 13.1 Å². The standard InChI is InChI=1S/C20H24N4O2S2/c1-5-10-24(11-16-8-6-13(2)7-9-16)17(25)12-27-20-23-22-19(26-20)18-14(3)21-15(4)28-18/h6-9H,5,10-12H2,1-4H3. The lowest BCUT2D eigenvalue weighted by molar-refractivity contribution is -0.129. The molecule has 0 saturated heterocycles. The van der Waals surface area contributed by atoms with Crippen LogP contribution < -0.4 is 0 Å². The third-order valence-electron chi connectivity index (χ3n) is 4.16. The van der Waals surface area contributed by atoms with Crippen molar-refractivity contribution in [2.24, 2.45) is 0 Å². The minimum Gasteiger partial charge on any atom is -0.410 e. The third-order valence-corrected chi connectivity index (χ3v) is 6.03. The molecule has 2 aromatic heterocycles. The smallest absolute Gasteiger partial charge is 0.277 e. The molecule has 2 heterocycles. The van der Waals surface area contributed by atoms with Crippen molar-refractivity contribution in [1.82, 2.24) is 20.1 Å². The Morgan fingerprint density at radius 2 is 1.93 bits per heavy atom. The Labute approximate surface area is 173 Å². The molecular weight excluding hydrogens is 392 g/mol. The summed E-state index contributed by atoms with van der Waals surface area (Å²) in [5.74, 6) is 0.800. The van der Waals surface area contributed by atoms with Crippen molar-refractivity contribution >= 4 is 29.0 Å². The highest BCUT2D eigenvalue weighted by atomic mass is 32.2. The van der Waals surface area contributed by atoms with Crippen LogP contribution in [0.15, 0.2) is 33.9 Å². The first-order valence-electron chi connectivity index (χ1n) is 9.20. The van der Waals surface area contributed by atoms with E-state index in [1.54, 1.807) is 0 Å². The molecule has 0 fully saturated rings. The van der Waals surface area contributed by atoms with Crippen LogP contribution in [0, 0.1) is 20.8 Å². The SMILES string of the molecule is CCCN(Cc1ccc(C)cc1)C(=O)CSc1nnc(-c2sc(C)nc2C)o1. The van der Waals surface area contributed by atoms with Gasteiger partial charge in [0.1, 0.15) is 4.88 Å². The normalized spacial score (nSPS) is 11.0. The molecule has 0 unspecified atom stereocenters. The van der Waals surface area contributed by atoms with Crippen LogP contribution in [0.1, 0.15) is 35.2 Å². The molecule has 3 aromatic rings. The number of carbonyl (C=O) groups is 1. The van der Waals surface area contributed by atoms with Crippen LogP contribution in [0.5, 0.6) is 0 Å². The molecule has 0 radical (unpaired) electrons. The lowest BCUT2D eigenvalue weighted by atomic mass is 10.1. The highest BCUT2D eigenvalue weighted by Gasteiger charge is 2.18. The number of rotatable bonds is 8. The van der Waals surface area contributed by atoms with E-state index in [1.807, 2.05) is 18.7 Å². The average molecular weight is 417 g/mol. The summed E-state index contributed by atoms with van der Waals surface area (Å²) < 4.78 is 5.73. The van der Waals surface area contributed by atoms with E-state index in [1.165, 1.54) is 28.7 Å². The van der Waals surface area contributed by atoms with E-state index in [2.05, 4.69) is 53.3 Å². The fraction of sp³-hybridized carbons (Fsp3) is 0.400. The molecule has 28 heavy (non-hydrogen) atoms. The van der Waals surface area contributed by atoms with Crippen molar-refractivity contribution in [2.45, 2.75) is 45.9 Å². The van der Waals surface area contributed by atoms with E-state index in [0.29, 0.717) is 17.7 Å². The number of carbonyl (C=O) groups excluding carboxylic acids is 1. The zero-order valence-electron chi connectivity index (χ0n) is 16.6. The van der Waals surface area contributed by atoms with Crippen LogP contribution in [0.2, 0.25) is 0 Å². The zero-order chi connectivity index (χ0) is 20.1. The largest absolute Gasteiger partial charge is 0.410 e. The first kappa shape index (κ1) is 20.5. The molecule has 0 aliphatic rings. The quantitative estimate of drug-likeness (QED) is 0.498. The van der Waals surface area contributed by atoms with Crippen LogP contribution in [0.25, 0.3) is 10.8 Å². The Balaban J connectivity index is 1.61. The second-order valence-corrected chi connectivity index (χ2v) is 8.74. The van der Waals surface area contributed by atoms with Crippen LogP contribution in [-0.4, -0.2) is 38.3 Å². The highest BCUT2D eigenvalue weighted by molar-refractivity contribution is 7.99. The molecule has 0 spiro atoms. The first-order valence-corrected chi connectivity index (χ1v) is 11.0. The van der Waals surface area contributed by atoms with Gasteiger partial charge in [0.05, 0.1) is 16.5 Å². The molecule has 0 aliphatic carbocycles. The minimum atomic E-state index is 0.0667. The van der Waals surface area contributed by atoms with Gasteiger partial charge in [-0.05, 0) is 32.8 Å². The van der Waals surface area contributed by atoms with Gasteiger partial charge in [0.15, 0.2) is 0 Å². The van der Waals surface area contributed by atoms with E-state index in [0.717, 1.165) is 34.1 Å². The predicted molar refractivity (Wildman–Crippen MR) is 112 cm³/mol. The fourth-order valence-electron chi connectivity index (χ4n) is 2.78. The molecule has 0 bridgehead atoms. The van der Waals surface area contributed by atoms with Crippen LogP contribution >= 0.6 is 23.1 Å². The number of hydrogen-bond donors (Lipinski definition) is 0. The lowest BCUT2D eigenvalue weighted by Crippen LogP contribution is -2.32. The Bertz CT molecular complexity index is 934. The summed E-state index contributed by atoms with van der Waals surface area (Å²) in [5.41, 5.74) is 3.23. The number of thioether (sulfide) groups is 1. The van der Waals surface area contributed by atoms with Crippen molar-refractivity contribution < 1.29 is 9.21 Å². The Morgan fingerprint density at radius 1 is 1.18 bits per heavy atom. The van der Waals surface area contributed by atoms with Crippen molar-refractivity contribution in [3.63, 3.8) is 0 Å². The Kier molecular flexibility index (Phi) is 6.85. The van der Waals surface area contributed by atoms with Crippen LogP contribution in [-0.2, 0) is 11.3 Å². The zero-order valence-corrected chi connectivity index (χ0v) is 18.2. The molecule has 148 valence electrons. The van der Waals surface area contributed by atoms with Gasteiger partial charge in [0.2, 0.25) is 5.91 Å². The van der Waals surface area contributed by atoms with Gasteiger partial charge < -0.3 is 9.32 Å². The summed E-state index contributed by atoms with van der Waals surface area (Å²) in [7, 11) is 0. The fourth-order valence-corrected chi connectivity index (χ4v) is 4.29. The number of hydrogen-bond acceptors (Lipinski definition) is 7. The second kappa shape index (κ2) is 9.34. The van der Waals surface area contributed by atoms with Crippen molar-refractivity contribution in [1.29, 1.82) is 0 Å². The molecule has 3 rings (SSSR count). The first-order chi connectivity index (χ1) is 13.5. The molecule has 0 atom stereocenters. The van der Waals surface area contributed by atoms with Crippen LogP contribution in [0.3, 0.4) is 0 Å². The van der Waals surface area contributed by atoms with Gasteiger partial charge in [-0.1, -0.05) is 48.5 Å². The minimum absolute atomic E-state index is 0.0667. The molecule has 1 amide bonds. The Hall–Kier alpha value is -2.19. The number of aromatic nitrogens is 3. The summed E-state index contributed by atoms with van der Waals surface area (Å²) in [6, 6.07) is 8.29. The molecule has 1 aromatic carbocycles. The molecule has 8 heteroatoms. The van der Waals surface area contributed by atoms with E-state index < -0.39 is 0 Å². The molecule has 0 aliphatic heterocycles. The van der Waals surface area contributed by atoms with Gasteiger partial charge in [-0.2, -0.15) is 0 Å². The van der Waals surface area contributed by atoms with Gasteiger partial charge in [-0.15, -0.1) is 21.5 Å². The topological polar surface area (TPSA) is 72.1 Å². The van der Waals surface area contributed by atoms with Gasteiger partial charge in [-0.3, -0.25) is 4.79 Å². The number of benzene rings is 1. The molecule has 0 N–H and O–H groups in total. The van der Waals surface area contributed by atoms with Crippen LogP contribution in [0.4, 0.5) is 0 Å².